The van der Waals surface area contributed by atoms with E-state index >= 15 is 0 Å². The number of nitrogens with zero attached hydrogens (tertiary/aromatic N) is 3. The zero-order valence-corrected chi connectivity index (χ0v) is 12.5. The van der Waals surface area contributed by atoms with Crippen LogP contribution in [-0.4, -0.2) is 46.7 Å². The van der Waals surface area contributed by atoms with Gasteiger partial charge >= 0.3 is 6.09 Å². The highest BCUT2D eigenvalue weighted by Crippen LogP contribution is 2.19. The van der Waals surface area contributed by atoms with Gasteiger partial charge in [0.05, 0.1) is 6.61 Å². The molecule has 1 aliphatic heterocycles. The molecule has 1 aromatic heterocycles. The Bertz CT molecular complexity index is 475. The van der Waals surface area contributed by atoms with E-state index in [0.717, 1.165) is 24.2 Å². The Kier molecular flexibility index (Phi) is 5.00. The Morgan fingerprint density at radius 2 is 2.25 bits per heavy atom. The van der Waals surface area contributed by atoms with Gasteiger partial charge < -0.3 is 15.0 Å². The second-order valence-electron chi connectivity index (χ2n) is 4.78. The molecule has 1 N–H and O–H groups in total. The number of ether oxygens (including phenoxy) is 1. The predicted molar refractivity (Wildman–Crippen MR) is 77.0 cm³/mol. The van der Waals surface area contributed by atoms with Crippen LogP contribution < -0.4 is 5.32 Å². The van der Waals surface area contributed by atoms with Crippen LogP contribution in [0.3, 0.4) is 0 Å². The van der Waals surface area contributed by atoms with Crippen LogP contribution in [0.15, 0.2) is 6.20 Å². The molecule has 2 heterocycles. The van der Waals surface area contributed by atoms with Crippen molar-refractivity contribution in [1.29, 1.82) is 0 Å². The molecule has 1 saturated heterocycles. The van der Waals surface area contributed by atoms with E-state index in [1.807, 2.05) is 13.8 Å². The lowest BCUT2D eigenvalue weighted by Gasteiger charge is -2.32. The first-order chi connectivity index (χ1) is 9.60. The zero-order valence-electron chi connectivity index (χ0n) is 11.7. The maximum atomic E-state index is 11.6. The van der Waals surface area contributed by atoms with Crippen molar-refractivity contribution in [2.75, 3.05) is 25.0 Å². The van der Waals surface area contributed by atoms with Crippen molar-refractivity contribution in [3.05, 3.63) is 17.0 Å². The lowest BCUT2D eigenvalue weighted by atomic mass is 10.1. The van der Waals surface area contributed by atoms with Crippen molar-refractivity contribution in [2.45, 2.75) is 32.7 Å². The largest absolute Gasteiger partial charge is 0.450 e. The van der Waals surface area contributed by atoms with Crippen molar-refractivity contribution >= 4 is 23.5 Å². The number of hydrogen-bond acceptors (Lipinski definition) is 5. The molecule has 20 heavy (non-hydrogen) atoms. The summed E-state index contributed by atoms with van der Waals surface area (Å²) in [6.07, 6.45) is 3.19. The smallest absolute Gasteiger partial charge is 0.409 e. The van der Waals surface area contributed by atoms with Crippen molar-refractivity contribution in [3.63, 3.8) is 0 Å². The van der Waals surface area contributed by atoms with Crippen LogP contribution in [0.1, 0.15) is 25.3 Å². The SMILES string of the molecule is CCOC(=O)N1CCC(Nc2nc(Cl)ncc2C)CC1. The summed E-state index contributed by atoms with van der Waals surface area (Å²) in [6.45, 7) is 5.54. The van der Waals surface area contributed by atoms with Crippen LogP contribution in [0.5, 0.6) is 0 Å². The summed E-state index contributed by atoms with van der Waals surface area (Å²) >= 11 is 5.80. The van der Waals surface area contributed by atoms with Gasteiger partial charge in [-0.25, -0.2) is 14.8 Å². The molecule has 2 rings (SSSR count). The average molecular weight is 299 g/mol. The van der Waals surface area contributed by atoms with Gasteiger partial charge in [0.25, 0.3) is 0 Å². The number of piperidine rings is 1. The lowest BCUT2D eigenvalue weighted by molar-refractivity contribution is 0.0983. The maximum Gasteiger partial charge on any atom is 0.409 e. The van der Waals surface area contributed by atoms with Gasteiger partial charge in [-0.05, 0) is 38.3 Å². The normalized spacial score (nSPS) is 16.1. The molecule has 0 atom stereocenters. The minimum Gasteiger partial charge on any atom is -0.450 e. The van der Waals surface area contributed by atoms with E-state index in [4.69, 9.17) is 16.3 Å². The van der Waals surface area contributed by atoms with Crippen molar-refractivity contribution < 1.29 is 9.53 Å². The fourth-order valence-electron chi connectivity index (χ4n) is 2.18. The Morgan fingerprint density at radius 3 is 2.90 bits per heavy atom. The third-order valence-corrected chi connectivity index (χ3v) is 3.49. The summed E-state index contributed by atoms with van der Waals surface area (Å²) in [6, 6.07) is 0.283. The van der Waals surface area contributed by atoms with Crippen LogP contribution in [0.4, 0.5) is 10.6 Å². The van der Waals surface area contributed by atoms with E-state index in [2.05, 4.69) is 15.3 Å². The van der Waals surface area contributed by atoms with Gasteiger partial charge in [0.1, 0.15) is 5.82 Å². The van der Waals surface area contributed by atoms with Gasteiger partial charge in [-0.3, -0.25) is 0 Å². The molecule has 6 nitrogen and oxygen atoms in total. The first-order valence-electron chi connectivity index (χ1n) is 6.77. The lowest BCUT2D eigenvalue weighted by Crippen LogP contribution is -2.42. The fourth-order valence-corrected chi connectivity index (χ4v) is 2.31. The maximum absolute atomic E-state index is 11.6. The highest BCUT2D eigenvalue weighted by Gasteiger charge is 2.24. The number of rotatable bonds is 3. The molecule has 0 radical (unpaired) electrons. The zero-order chi connectivity index (χ0) is 14.5. The molecule has 0 aromatic carbocycles. The quantitative estimate of drug-likeness (QED) is 0.868. The Balaban J connectivity index is 1.88. The summed E-state index contributed by atoms with van der Waals surface area (Å²) < 4.78 is 5.00. The molecule has 1 amide bonds. The minimum atomic E-state index is -0.229. The fraction of sp³-hybridized carbons (Fsp3) is 0.615. The van der Waals surface area contributed by atoms with Crippen LogP contribution in [0, 0.1) is 6.92 Å². The standard InChI is InChI=1S/C13H19ClN4O2/c1-3-20-13(19)18-6-4-10(5-7-18)16-11-9(2)8-15-12(14)17-11/h8,10H,3-7H2,1-2H3,(H,15,16,17). The third kappa shape index (κ3) is 3.72. The average Bonchev–Trinajstić information content (AvgIpc) is 2.44. The predicted octanol–water partition coefficient (Wildman–Crippen LogP) is 2.47. The van der Waals surface area contributed by atoms with Gasteiger partial charge in [0, 0.05) is 30.9 Å². The van der Waals surface area contributed by atoms with E-state index in [9.17, 15) is 4.79 Å². The highest BCUT2D eigenvalue weighted by atomic mass is 35.5. The van der Waals surface area contributed by atoms with Gasteiger partial charge in [0.2, 0.25) is 5.28 Å². The van der Waals surface area contributed by atoms with Crippen LogP contribution in [0.2, 0.25) is 5.28 Å². The van der Waals surface area contributed by atoms with Gasteiger partial charge in [-0.1, -0.05) is 0 Å². The van der Waals surface area contributed by atoms with E-state index < -0.39 is 0 Å². The molecule has 0 aliphatic carbocycles. The molecule has 1 aliphatic rings. The molecule has 7 heteroatoms. The summed E-state index contributed by atoms with van der Waals surface area (Å²) in [7, 11) is 0. The number of nitrogens with one attached hydrogen (secondary N) is 1. The van der Waals surface area contributed by atoms with E-state index in [1.165, 1.54) is 0 Å². The van der Waals surface area contributed by atoms with Crippen molar-refractivity contribution in [2.24, 2.45) is 0 Å². The number of amides is 1. The molecule has 1 fully saturated rings. The van der Waals surface area contributed by atoms with Crippen molar-refractivity contribution in [1.82, 2.24) is 14.9 Å². The minimum absolute atomic E-state index is 0.229. The number of carbonyl (C=O) groups excluding carboxylic acids is 1. The van der Waals surface area contributed by atoms with Gasteiger partial charge in [-0.2, -0.15) is 0 Å². The Labute approximate surface area is 123 Å². The summed E-state index contributed by atoms with van der Waals surface area (Å²) in [4.78, 5) is 21.5. The Hall–Kier alpha value is -1.56. The van der Waals surface area contributed by atoms with Crippen LogP contribution >= 0.6 is 11.6 Å². The monoisotopic (exact) mass is 298 g/mol. The molecule has 0 saturated carbocycles. The number of anilines is 1. The van der Waals surface area contributed by atoms with Crippen LogP contribution in [-0.2, 0) is 4.74 Å². The molecule has 0 bridgehead atoms. The number of aryl methyl sites for hydroxylation is 1. The van der Waals surface area contributed by atoms with E-state index in [1.54, 1.807) is 11.1 Å². The molecular formula is C13H19ClN4O2. The number of carbonyl (C=O) groups is 1. The van der Waals surface area contributed by atoms with Crippen molar-refractivity contribution in [3.8, 4) is 0 Å². The summed E-state index contributed by atoms with van der Waals surface area (Å²) in [5, 5.41) is 3.61. The van der Waals surface area contributed by atoms with Crippen LogP contribution in [0.25, 0.3) is 0 Å². The number of halogens is 1. The topological polar surface area (TPSA) is 67.3 Å². The molecule has 110 valence electrons. The molecule has 1 aromatic rings. The summed E-state index contributed by atoms with van der Waals surface area (Å²) in [5.74, 6) is 0.764. The van der Waals surface area contributed by atoms with Gasteiger partial charge in [0.15, 0.2) is 0 Å². The molecule has 0 spiro atoms. The van der Waals surface area contributed by atoms with E-state index in [-0.39, 0.29) is 17.4 Å². The second kappa shape index (κ2) is 6.74. The summed E-state index contributed by atoms with van der Waals surface area (Å²) in [5.41, 5.74) is 0.960. The first kappa shape index (κ1) is 14.8. The highest BCUT2D eigenvalue weighted by molar-refractivity contribution is 6.28. The number of hydrogen-bond donors (Lipinski definition) is 1. The third-order valence-electron chi connectivity index (χ3n) is 3.30. The number of likely N-dealkylation sites (tertiary alicyclic amines) is 1. The van der Waals surface area contributed by atoms with Gasteiger partial charge in [-0.15, -0.1) is 0 Å². The Morgan fingerprint density at radius 1 is 1.55 bits per heavy atom. The number of aromatic nitrogens is 2. The molecular weight excluding hydrogens is 280 g/mol. The van der Waals surface area contributed by atoms with E-state index in [0.29, 0.717) is 19.7 Å². The first-order valence-corrected chi connectivity index (χ1v) is 7.15. The second-order valence-corrected chi connectivity index (χ2v) is 5.11. The molecule has 0 unspecified atom stereocenters.